The second-order valence-corrected chi connectivity index (χ2v) is 3.99. The maximum atomic E-state index is 11.6. The average molecular weight is 217 g/mol. The molecule has 0 saturated carbocycles. The summed E-state index contributed by atoms with van der Waals surface area (Å²) in [5, 5.41) is 0. The first-order chi connectivity index (χ1) is 7.75. The highest BCUT2D eigenvalue weighted by atomic mass is 16.5. The first-order valence-corrected chi connectivity index (χ1v) is 5.41. The number of hydrogen-bond donors (Lipinski definition) is 1. The molecule has 0 fully saturated rings. The summed E-state index contributed by atoms with van der Waals surface area (Å²) in [6.45, 7) is 0.326. The molecule has 1 aliphatic carbocycles. The van der Waals surface area contributed by atoms with E-state index in [1.807, 2.05) is 36.4 Å². The van der Waals surface area contributed by atoms with Crippen LogP contribution in [0.4, 0.5) is 0 Å². The molecule has 2 rings (SSSR count). The Balaban J connectivity index is 1.85. The number of carbonyl (C=O) groups is 1. The van der Waals surface area contributed by atoms with E-state index in [0.717, 1.165) is 12.0 Å². The van der Waals surface area contributed by atoms with Crippen molar-refractivity contribution in [1.82, 2.24) is 0 Å². The van der Waals surface area contributed by atoms with E-state index in [-0.39, 0.29) is 12.0 Å². The zero-order valence-electron chi connectivity index (χ0n) is 9.06. The second-order valence-electron chi connectivity index (χ2n) is 3.99. The van der Waals surface area contributed by atoms with Crippen molar-refractivity contribution in [2.24, 2.45) is 5.73 Å². The van der Waals surface area contributed by atoms with E-state index in [9.17, 15) is 4.79 Å². The molecular weight excluding hydrogens is 202 g/mol. The van der Waals surface area contributed by atoms with Crippen LogP contribution in [0, 0.1) is 0 Å². The van der Waals surface area contributed by atoms with E-state index in [0.29, 0.717) is 18.6 Å². The van der Waals surface area contributed by atoms with Gasteiger partial charge in [-0.1, -0.05) is 36.4 Å². The minimum absolute atomic E-state index is 0.0827. The Morgan fingerprint density at radius 3 is 2.75 bits per heavy atom. The van der Waals surface area contributed by atoms with Crippen LogP contribution in [0.5, 0.6) is 0 Å². The monoisotopic (exact) mass is 217 g/mol. The van der Waals surface area contributed by atoms with Gasteiger partial charge in [0.25, 0.3) is 0 Å². The lowest BCUT2D eigenvalue weighted by molar-refractivity contribution is -0.140. The van der Waals surface area contributed by atoms with Crippen molar-refractivity contribution in [3.63, 3.8) is 0 Å². The summed E-state index contributed by atoms with van der Waals surface area (Å²) in [7, 11) is 0. The molecule has 0 aromatic heterocycles. The van der Waals surface area contributed by atoms with Gasteiger partial charge >= 0.3 is 5.97 Å². The van der Waals surface area contributed by atoms with Crippen LogP contribution < -0.4 is 5.73 Å². The highest BCUT2D eigenvalue weighted by molar-refractivity contribution is 5.89. The number of nitrogens with two attached hydrogens (primary N) is 1. The van der Waals surface area contributed by atoms with Crippen LogP contribution in [0.3, 0.4) is 0 Å². The van der Waals surface area contributed by atoms with E-state index in [4.69, 9.17) is 10.5 Å². The molecule has 0 spiro atoms. The molecule has 0 radical (unpaired) electrons. The van der Waals surface area contributed by atoms with Crippen LogP contribution in [0.15, 0.2) is 42.0 Å². The fraction of sp³-hybridized carbons (Fsp3) is 0.308. The summed E-state index contributed by atoms with van der Waals surface area (Å²) in [6, 6.07) is 9.73. The lowest BCUT2D eigenvalue weighted by Gasteiger charge is -2.06. The highest BCUT2D eigenvalue weighted by Gasteiger charge is 2.19. The van der Waals surface area contributed by atoms with E-state index in [1.54, 1.807) is 0 Å². The number of hydrogen-bond acceptors (Lipinski definition) is 3. The van der Waals surface area contributed by atoms with Crippen LogP contribution >= 0.6 is 0 Å². The molecule has 0 unspecified atom stereocenters. The molecule has 0 heterocycles. The third-order valence-electron chi connectivity index (χ3n) is 2.62. The number of rotatable bonds is 3. The fourth-order valence-electron chi connectivity index (χ4n) is 1.73. The maximum absolute atomic E-state index is 11.6. The number of benzene rings is 1. The van der Waals surface area contributed by atoms with Gasteiger partial charge < -0.3 is 10.5 Å². The Morgan fingerprint density at radius 1 is 1.38 bits per heavy atom. The van der Waals surface area contributed by atoms with Crippen molar-refractivity contribution in [2.45, 2.75) is 25.5 Å². The van der Waals surface area contributed by atoms with Crippen molar-refractivity contribution in [2.75, 3.05) is 0 Å². The third kappa shape index (κ3) is 2.70. The molecule has 0 bridgehead atoms. The van der Waals surface area contributed by atoms with Gasteiger partial charge in [0.1, 0.15) is 6.61 Å². The molecule has 1 aromatic carbocycles. The standard InChI is InChI=1S/C13H15NO2/c14-12-7-6-11(8-12)13(15)16-9-10-4-2-1-3-5-10/h1-6,12H,7-9,14H2/t12-/m1/s1. The first kappa shape index (κ1) is 10.9. The summed E-state index contributed by atoms with van der Waals surface area (Å²) < 4.78 is 5.20. The van der Waals surface area contributed by atoms with Crippen LogP contribution in [0.25, 0.3) is 0 Å². The van der Waals surface area contributed by atoms with Gasteiger partial charge in [0.15, 0.2) is 0 Å². The smallest absolute Gasteiger partial charge is 0.334 e. The minimum Gasteiger partial charge on any atom is -0.457 e. The van der Waals surface area contributed by atoms with Crippen LogP contribution in [-0.2, 0) is 16.1 Å². The summed E-state index contributed by atoms with van der Waals surface area (Å²) in [5.41, 5.74) is 7.42. The molecular formula is C13H15NO2. The van der Waals surface area contributed by atoms with E-state index in [1.165, 1.54) is 0 Å². The summed E-state index contributed by atoms with van der Waals surface area (Å²) >= 11 is 0. The van der Waals surface area contributed by atoms with E-state index in [2.05, 4.69) is 0 Å². The normalized spacial score (nSPS) is 19.3. The van der Waals surface area contributed by atoms with Gasteiger partial charge in [0, 0.05) is 11.6 Å². The van der Waals surface area contributed by atoms with Gasteiger partial charge in [-0.25, -0.2) is 4.79 Å². The van der Waals surface area contributed by atoms with Gasteiger partial charge in [-0.15, -0.1) is 0 Å². The first-order valence-electron chi connectivity index (χ1n) is 5.41. The van der Waals surface area contributed by atoms with E-state index < -0.39 is 0 Å². The fourth-order valence-corrected chi connectivity index (χ4v) is 1.73. The predicted molar refractivity (Wildman–Crippen MR) is 61.5 cm³/mol. The molecule has 0 amide bonds. The van der Waals surface area contributed by atoms with Gasteiger partial charge in [-0.05, 0) is 18.4 Å². The van der Waals surface area contributed by atoms with Crippen molar-refractivity contribution in [1.29, 1.82) is 0 Å². The van der Waals surface area contributed by atoms with Gasteiger partial charge in [-0.3, -0.25) is 0 Å². The Labute approximate surface area is 94.9 Å². The van der Waals surface area contributed by atoms with Gasteiger partial charge in [0.05, 0.1) is 0 Å². The van der Waals surface area contributed by atoms with Crippen LogP contribution in [-0.4, -0.2) is 12.0 Å². The molecule has 0 saturated heterocycles. The Kier molecular flexibility index (Phi) is 3.37. The second kappa shape index (κ2) is 4.94. The molecule has 1 atom stereocenters. The molecule has 84 valence electrons. The van der Waals surface area contributed by atoms with Crippen molar-refractivity contribution < 1.29 is 9.53 Å². The largest absolute Gasteiger partial charge is 0.457 e. The molecule has 2 N–H and O–H groups in total. The Morgan fingerprint density at radius 2 is 2.12 bits per heavy atom. The molecule has 1 aromatic rings. The lowest BCUT2D eigenvalue weighted by Crippen LogP contribution is -2.17. The number of carbonyl (C=O) groups excluding carboxylic acids is 1. The topological polar surface area (TPSA) is 52.3 Å². The van der Waals surface area contributed by atoms with Gasteiger partial charge in [0.2, 0.25) is 0 Å². The van der Waals surface area contributed by atoms with Crippen LogP contribution in [0.1, 0.15) is 18.4 Å². The zero-order chi connectivity index (χ0) is 11.4. The summed E-state index contributed by atoms with van der Waals surface area (Å²) in [5.74, 6) is -0.239. The molecule has 3 heteroatoms. The van der Waals surface area contributed by atoms with Gasteiger partial charge in [-0.2, -0.15) is 0 Å². The Hall–Kier alpha value is -1.61. The molecule has 1 aliphatic rings. The van der Waals surface area contributed by atoms with Crippen molar-refractivity contribution in [3.05, 3.63) is 47.5 Å². The summed E-state index contributed by atoms with van der Waals surface area (Å²) in [6.07, 6.45) is 3.28. The summed E-state index contributed by atoms with van der Waals surface area (Å²) in [4.78, 5) is 11.6. The quantitative estimate of drug-likeness (QED) is 0.785. The molecule has 3 nitrogen and oxygen atoms in total. The number of esters is 1. The zero-order valence-corrected chi connectivity index (χ0v) is 9.06. The number of ether oxygens (including phenoxy) is 1. The van der Waals surface area contributed by atoms with Crippen LogP contribution in [0.2, 0.25) is 0 Å². The lowest BCUT2D eigenvalue weighted by atomic mass is 10.2. The third-order valence-corrected chi connectivity index (χ3v) is 2.62. The van der Waals surface area contributed by atoms with Crippen molar-refractivity contribution in [3.8, 4) is 0 Å². The molecule has 16 heavy (non-hydrogen) atoms. The SMILES string of the molecule is N[C@@H]1CC=C(C(=O)OCc2ccccc2)C1. The average Bonchev–Trinajstić information content (AvgIpc) is 2.74. The molecule has 0 aliphatic heterocycles. The maximum Gasteiger partial charge on any atom is 0.334 e. The highest BCUT2D eigenvalue weighted by Crippen LogP contribution is 2.18. The minimum atomic E-state index is -0.239. The van der Waals surface area contributed by atoms with Crippen molar-refractivity contribution >= 4 is 5.97 Å². The Bertz CT molecular complexity index is 398. The van der Waals surface area contributed by atoms with E-state index >= 15 is 0 Å². The predicted octanol–water partition coefficient (Wildman–Crippen LogP) is 1.78.